The highest BCUT2D eigenvalue weighted by Gasteiger charge is 2.21. The van der Waals surface area contributed by atoms with E-state index in [1.807, 2.05) is 12.1 Å². The van der Waals surface area contributed by atoms with Crippen molar-refractivity contribution in [3.05, 3.63) is 65.1 Å². The van der Waals surface area contributed by atoms with Gasteiger partial charge < -0.3 is 20.1 Å². The molecule has 1 atom stereocenters. The lowest BCUT2D eigenvalue weighted by Crippen LogP contribution is -2.30. The molecule has 0 radical (unpaired) electrons. The molecule has 3 rings (SSSR count). The van der Waals surface area contributed by atoms with Crippen LogP contribution in [0.15, 0.2) is 59.6 Å². The molecule has 4 heteroatoms. The summed E-state index contributed by atoms with van der Waals surface area (Å²) < 4.78 is 11.0. The van der Waals surface area contributed by atoms with Crippen molar-refractivity contribution < 1.29 is 9.47 Å². The van der Waals surface area contributed by atoms with Gasteiger partial charge in [-0.1, -0.05) is 18.2 Å². The van der Waals surface area contributed by atoms with Gasteiger partial charge >= 0.3 is 0 Å². The Balaban J connectivity index is 1.65. The smallest absolute Gasteiger partial charge is 0.160 e. The van der Waals surface area contributed by atoms with Crippen LogP contribution in [-0.2, 0) is 15.9 Å². The summed E-state index contributed by atoms with van der Waals surface area (Å²) >= 11 is 0. The fourth-order valence-corrected chi connectivity index (χ4v) is 3.33. The quantitative estimate of drug-likeness (QED) is 0.845. The van der Waals surface area contributed by atoms with Gasteiger partial charge in [0.2, 0.25) is 0 Å². The molecule has 24 heavy (non-hydrogen) atoms. The van der Waals surface area contributed by atoms with Crippen LogP contribution >= 0.6 is 0 Å². The summed E-state index contributed by atoms with van der Waals surface area (Å²) in [7, 11) is 3.40. The molecule has 1 unspecified atom stereocenters. The summed E-state index contributed by atoms with van der Waals surface area (Å²) in [5.74, 6) is 2.00. The van der Waals surface area contributed by atoms with Crippen LogP contribution in [0.25, 0.3) is 0 Å². The number of nitrogens with two attached hydrogens (primary N) is 1. The highest BCUT2D eigenvalue weighted by Crippen LogP contribution is 2.27. The zero-order valence-electron chi connectivity index (χ0n) is 14.5. The third-order valence-electron chi connectivity index (χ3n) is 4.67. The van der Waals surface area contributed by atoms with Gasteiger partial charge in [0.05, 0.1) is 14.2 Å². The second kappa shape index (κ2) is 7.58. The molecule has 0 spiro atoms. The molecule has 1 aromatic carbocycles. The average Bonchev–Trinajstić information content (AvgIpc) is 2.90. The summed E-state index contributed by atoms with van der Waals surface area (Å²) in [5.41, 5.74) is 9.24. The molecule has 1 aliphatic heterocycles. The van der Waals surface area contributed by atoms with Gasteiger partial charge in [-0.05, 0) is 48.3 Å². The Bertz CT molecular complexity index is 659. The lowest BCUT2D eigenvalue weighted by atomic mass is 10.1. The van der Waals surface area contributed by atoms with Gasteiger partial charge in [0.1, 0.15) is 0 Å². The van der Waals surface area contributed by atoms with E-state index in [0.717, 1.165) is 49.7 Å². The van der Waals surface area contributed by atoms with E-state index in [2.05, 4.69) is 35.3 Å². The number of hydrogen-bond donors (Lipinski definition) is 1. The maximum atomic E-state index is 5.76. The molecule has 2 aliphatic rings. The van der Waals surface area contributed by atoms with Gasteiger partial charge in [0, 0.05) is 31.2 Å². The van der Waals surface area contributed by atoms with Crippen LogP contribution in [-0.4, -0.2) is 38.8 Å². The lowest BCUT2D eigenvalue weighted by Gasteiger charge is -2.23. The van der Waals surface area contributed by atoms with Crippen molar-refractivity contribution in [1.29, 1.82) is 0 Å². The maximum Gasteiger partial charge on any atom is 0.160 e. The largest absolute Gasteiger partial charge is 0.493 e. The zero-order chi connectivity index (χ0) is 16.9. The van der Waals surface area contributed by atoms with Crippen LogP contribution in [0, 0.1) is 5.92 Å². The fourth-order valence-electron chi connectivity index (χ4n) is 3.33. The third-order valence-corrected chi connectivity index (χ3v) is 4.67. The van der Waals surface area contributed by atoms with Crippen molar-refractivity contribution >= 4 is 5.69 Å². The third kappa shape index (κ3) is 4.01. The number of hydrogen-bond acceptors (Lipinski definition) is 4. The number of methoxy groups -OCH3 is 2. The standard InChI is InChI=1S/C20H26N2O2/c1-23-19-12-16-8-10-22(14-17(11-16)13-20(19)24-2)9-7-15-3-5-18(21)6-4-15/h3-6,11-13,17H,7-10,14,21H2,1-2H3. The predicted octanol–water partition coefficient (Wildman–Crippen LogP) is 3.13. The van der Waals surface area contributed by atoms with Gasteiger partial charge in [0.15, 0.2) is 11.5 Å². The van der Waals surface area contributed by atoms with Gasteiger partial charge in [0.25, 0.3) is 0 Å². The van der Waals surface area contributed by atoms with Crippen molar-refractivity contribution in [3.63, 3.8) is 0 Å². The Morgan fingerprint density at radius 2 is 1.83 bits per heavy atom. The number of allylic oxidation sites excluding steroid dienone is 1. The van der Waals surface area contributed by atoms with Crippen molar-refractivity contribution in [2.45, 2.75) is 12.8 Å². The second-order valence-electron chi connectivity index (χ2n) is 6.40. The minimum atomic E-state index is 0.354. The van der Waals surface area contributed by atoms with Crippen LogP contribution in [0.4, 0.5) is 5.69 Å². The number of benzene rings is 1. The Morgan fingerprint density at radius 3 is 2.54 bits per heavy atom. The first-order valence-electron chi connectivity index (χ1n) is 8.47. The molecule has 2 bridgehead atoms. The number of nitrogens with zero attached hydrogens (tertiary/aromatic N) is 1. The molecule has 128 valence electrons. The highest BCUT2D eigenvalue weighted by atomic mass is 16.5. The summed E-state index contributed by atoms with van der Waals surface area (Å²) in [5, 5.41) is 0. The van der Waals surface area contributed by atoms with E-state index >= 15 is 0 Å². The van der Waals surface area contributed by atoms with Gasteiger partial charge in [-0.25, -0.2) is 0 Å². The molecule has 1 heterocycles. The number of ether oxygens (including phenoxy) is 2. The normalized spacial score (nSPS) is 21.1. The Kier molecular flexibility index (Phi) is 5.26. The second-order valence-corrected chi connectivity index (χ2v) is 6.40. The molecule has 0 fully saturated rings. The predicted molar refractivity (Wildman–Crippen MR) is 97.4 cm³/mol. The Labute approximate surface area is 144 Å². The first kappa shape index (κ1) is 16.7. The molecule has 0 saturated heterocycles. The van der Waals surface area contributed by atoms with Crippen molar-refractivity contribution in [1.82, 2.24) is 4.90 Å². The van der Waals surface area contributed by atoms with Gasteiger partial charge in [-0.15, -0.1) is 0 Å². The van der Waals surface area contributed by atoms with Crippen LogP contribution in [0.2, 0.25) is 0 Å². The van der Waals surface area contributed by atoms with Crippen molar-refractivity contribution in [2.24, 2.45) is 5.92 Å². The lowest BCUT2D eigenvalue weighted by molar-refractivity contribution is 0.215. The zero-order valence-corrected chi connectivity index (χ0v) is 14.5. The average molecular weight is 326 g/mol. The summed E-state index contributed by atoms with van der Waals surface area (Å²) in [4.78, 5) is 2.53. The highest BCUT2D eigenvalue weighted by molar-refractivity contribution is 5.39. The molecular weight excluding hydrogens is 300 g/mol. The van der Waals surface area contributed by atoms with Crippen LogP contribution in [0.3, 0.4) is 0 Å². The van der Waals surface area contributed by atoms with Crippen LogP contribution < -0.4 is 5.73 Å². The number of nitrogen functional groups attached to an aromatic ring is 1. The fraction of sp³-hybridized carbons (Fsp3) is 0.400. The molecule has 0 saturated carbocycles. The molecule has 0 aromatic heterocycles. The summed E-state index contributed by atoms with van der Waals surface area (Å²) in [6, 6.07) is 8.19. The van der Waals surface area contributed by atoms with E-state index in [4.69, 9.17) is 15.2 Å². The van der Waals surface area contributed by atoms with Crippen LogP contribution in [0.5, 0.6) is 0 Å². The van der Waals surface area contributed by atoms with E-state index in [-0.39, 0.29) is 0 Å². The van der Waals surface area contributed by atoms with Gasteiger partial charge in [-0.3, -0.25) is 0 Å². The Hall–Kier alpha value is -2.20. The van der Waals surface area contributed by atoms with E-state index in [9.17, 15) is 0 Å². The summed E-state index contributed by atoms with van der Waals surface area (Å²) in [6.07, 6.45) is 8.70. The SMILES string of the molecule is COC1=CC2=CC(C=C1OC)CN(CCc1ccc(N)cc1)CC2. The van der Waals surface area contributed by atoms with Crippen LogP contribution in [0.1, 0.15) is 12.0 Å². The summed E-state index contributed by atoms with van der Waals surface area (Å²) in [6.45, 7) is 3.13. The first-order chi connectivity index (χ1) is 11.7. The van der Waals surface area contributed by atoms with E-state index < -0.39 is 0 Å². The molecule has 1 aromatic rings. The number of rotatable bonds is 5. The number of anilines is 1. The number of fused-ring (bicyclic) bond motifs is 1. The topological polar surface area (TPSA) is 47.7 Å². The maximum absolute atomic E-state index is 5.76. The Morgan fingerprint density at radius 1 is 1.08 bits per heavy atom. The van der Waals surface area contributed by atoms with E-state index in [1.165, 1.54) is 11.1 Å². The molecular formula is C20H26N2O2. The monoisotopic (exact) mass is 326 g/mol. The molecule has 2 N–H and O–H groups in total. The molecule has 0 amide bonds. The van der Waals surface area contributed by atoms with Crippen molar-refractivity contribution in [3.8, 4) is 0 Å². The molecule has 4 nitrogen and oxygen atoms in total. The minimum absolute atomic E-state index is 0.354. The van der Waals surface area contributed by atoms with Crippen molar-refractivity contribution in [2.75, 3.05) is 39.6 Å². The van der Waals surface area contributed by atoms with E-state index in [1.54, 1.807) is 14.2 Å². The first-order valence-corrected chi connectivity index (χ1v) is 8.47. The van der Waals surface area contributed by atoms with E-state index in [0.29, 0.717) is 5.92 Å². The molecule has 1 aliphatic carbocycles. The van der Waals surface area contributed by atoms with Gasteiger partial charge in [-0.2, -0.15) is 0 Å². The minimum Gasteiger partial charge on any atom is -0.493 e.